The molecule has 1 fully saturated rings. The maximum Gasteiger partial charge on any atom is 0.253 e. The highest BCUT2D eigenvalue weighted by Crippen LogP contribution is 2.20. The van der Waals surface area contributed by atoms with E-state index in [-0.39, 0.29) is 5.91 Å². The van der Waals surface area contributed by atoms with Crippen molar-refractivity contribution in [2.75, 3.05) is 19.6 Å². The van der Waals surface area contributed by atoms with Crippen LogP contribution in [0.25, 0.3) is 10.8 Å². The molecule has 1 saturated heterocycles. The number of likely N-dealkylation sites (tertiary alicyclic amines) is 1. The van der Waals surface area contributed by atoms with E-state index in [0.717, 1.165) is 48.8 Å². The van der Waals surface area contributed by atoms with Gasteiger partial charge in [0.1, 0.15) is 0 Å². The molecule has 4 heteroatoms. The molecule has 1 aliphatic rings. The van der Waals surface area contributed by atoms with Crippen molar-refractivity contribution in [1.29, 1.82) is 0 Å². The molecule has 2 N–H and O–H groups in total. The number of nitrogens with zero attached hydrogens (tertiary/aromatic N) is 2. The monoisotopic (exact) mass is 269 g/mol. The number of nitrogens with two attached hydrogens (primary N) is 1. The number of piperidine rings is 1. The summed E-state index contributed by atoms with van der Waals surface area (Å²) in [6.45, 7) is 2.36. The number of fused-ring (bicyclic) bond motifs is 1. The van der Waals surface area contributed by atoms with Crippen molar-refractivity contribution in [3.8, 4) is 0 Å². The van der Waals surface area contributed by atoms with Gasteiger partial charge in [0.2, 0.25) is 0 Å². The third-order valence-corrected chi connectivity index (χ3v) is 4.12. The molecule has 0 radical (unpaired) electrons. The fourth-order valence-corrected chi connectivity index (χ4v) is 2.77. The minimum absolute atomic E-state index is 0.124. The van der Waals surface area contributed by atoms with Crippen LogP contribution in [-0.2, 0) is 0 Å². The molecule has 0 bridgehead atoms. The highest BCUT2D eigenvalue weighted by atomic mass is 16.2. The lowest BCUT2D eigenvalue weighted by molar-refractivity contribution is 0.0693. The van der Waals surface area contributed by atoms with Crippen LogP contribution >= 0.6 is 0 Å². The van der Waals surface area contributed by atoms with Crippen molar-refractivity contribution >= 4 is 16.7 Å². The molecular formula is C16H19N3O. The van der Waals surface area contributed by atoms with Crippen molar-refractivity contribution in [2.24, 2.45) is 11.7 Å². The van der Waals surface area contributed by atoms with Crippen molar-refractivity contribution in [3.63, 3.8) is 0 Å². The van der Waals surface area contributed by atoms with Crippen molar-refractivity contribution in [1.82, 2.24) is 9.88 Å². The minimum Gasteiger partial charge on any atom is -0.339 e. The van der Waals surface area contributed by atoms with Gasteiger partial charge in [-0.15, -0.1) is 0 Å². The zero-order chi connectivity index (χ0) is 13.9. The van der Waals surface area contributed by atoms with Gasteiger partial charge in [0, 0.05) is 36.4 Å². The number of pyridine rings is 1. The Hall–Kier alpha value is -1.94. The topological polar surface area (TPSA) is 59.2 Å². The van der Waals surface area contributed by atoms with E-state index in [9.17, 15) is 4.79 Å². The Labute approximate surface area is 118 Å². The second-order valence-corrected chi connectivity index (χ2v) is 5.41. The number of rotatable bonds is 2. The Bertz CT molecular complexity index is 618. The van der Waals surface area contributed by atoms with Crippen molar-refractivity contribution in [3.05, 3.63) is 42.2 Å². The zero-order valence-corrected chi connectivity index (χ0v) is 11.5. The highest BCUT2D eigenvalue weighted by Gasteiger charge is 2.22. The number of carbonyl (C=O) groups excluding carboxylic acids is 1. The van der Waals surface area contributed by atoms with Gasteiger partial charge in [-0.1, -0.05) is 6.07 Å². The van der Waals surface area contributed by atoms with Gasteiger partial charge in [0.25, 0.3) is 5.91 Å². The van der Waals surface area contributed by atoms with E-state index < -0.39 is 0 Å². The van der Waals surface area contributed by atoms with Gasteiger partial charge in [-0.05, 0) is 48.9 Å². The largest absolute Gasteiger partial charge is 0.339 e. The van der Waals surface area contributed by atoms with E-state index in [2.05, 4.69) is 4.98 Å². The average Bonchev–Trinajstić information content (AvgIpc) is 2.54. The van der Waals surface area contributed by atoms with E-state index >= 15 is 0 Å². The molecule has 2 aromatic rings. The Morgan fingerprint density at radius 3 is 2.80 bits per heavy atom. The van der Waals surface area contributed by atoms with Gasteiger partial charge >= 0.3 is 0 Å². The summed E-state index contributed by atoms with van der Waals surface area (Å²) in [5.41, 5.74) is 6.45. The van der Waals surface area contributed by atoms with Crippen LogP contribution in [0.2, 0.25) is 0 Å². The molecule has 1 amide bonds. The normalized spacial score (nSPS) is 16.6. The molecule has 0 spiro atoms. The van der Waals surface area contributed by atoms with Crippen LogP contribution in [0.3, 0.4) is 0 Å². The first-order chi connectivity index (χ1) is 9.78. The summed E-state index contributed by atoms with van der Waals surface area (Å²) in [6.07, 6.45) is 5.60. The van der Waals surface area contributed by atoms with E-state index in [1.807, 2.05) is 35.4 Å². The maximum atomic E-state index is 12.5. The van der Waals surface area contributed by atoms with Crippen LogP contribution in [0, 0.1) is 5.92 Å². The molecule has 0 saturated carbocycles. The molecule has 20 heavy (non-hydrogen) atoms. The molecule has 1 aliphatic heterocycles. The number of benzene rings is 1. The van der Waals surface area contributed by atoms with Gasteiger partial charge < -0.3 is 10.6 Å². The number of amides is 1. The SMILES string of the molecule is NCC1CCN(C(=O)c2ccc3cnccc3c2)CC1. The van der Waals surface area contributed by atoms with Gasteiger partial charge in [-0.2, -0.15) is 0 Å². The summed E-state index contributed by atoms with van der Waals surface area (Å²) in [5.74, 6) is 0.695. The summed E-state index contributed by atoms with van der Waals surface area (Å²) in [6, 6.07) is 7.74. The predicted molar refractivity (Wildman–Crippen MR) is 79.4 cm³/mol. The Morgan fingerprint density at radius 1 is 1.25 bits per heavy atom. The number of aromatic nitrogens is 1. The second kappa shape index (κ2) is 5.59. The van der Waals surface area contributed by atoms with E-state index in [0.29, 0.717) is 5.92 Å². The first kappa shape index (κ1) is 13.1. The first-order valence-corrected chi connectivity index (χ1v) is 7.11. The van der Waals surface area contributed by atoms with E-state index in [1.165, 1.54) is 0 Å². The molecule has 1 aromatic heterocycles. The standard InChI is InChI=1S/C16H19N3O/c17-10-12-4-7-19(8-5-12)16(20)14-1-2-15-11-18-6-3-13(15)9-14/h1-3,6,9,11-12H,4-5,7-8,10,17H2. The summed E-state index contributed by atoms with van der Waals surface area (Å²) in [7, 11) is 0. The molecule has 0 atom stereocenters. The van der Waals surface area contributed by atoms with Gasteiger partial charge in [0.05, 0.1) is 0 Å². The highest BCUT2D eigenvalue weighted by molar-refractivity contribution is 5.98. The lowest BCUT2D eigenvalue weighted by Gasteiger charge is -2.31. The molecule has 2 heterocycles. The zero-order valence-electron chi connectivity index (χ0n) is 11.5. The summed E-state index contributed by atoms with van der Waals surface area (Å²) < 4.78 is 0. The summed E-state index contributed by atoms with van der Waals surface area (Å²) in [4.78, 5) is 18.5. The van der Waals surface area contributed by atoms with Gasteiger partial charge in [-0.3, -0.25) is 9.78 Å². The predicted octanol–water partition coefficient (Wildman–Crippen LogP) is 2.05. The molecule has 0 aliphatic carbocycles. The summed E-state index contributed by atoms with van der Waals surface area (Å²) >= 11 is 0. The third-order valence-electron chi connectivity index (χ3n) is 4.12. The second-order valence-electron chi connectivity index (χ2n) is 5.41. The number of hydrogen-bond donors (Lipinski definition) is 1. The quantitative estimate of drug-likeness (QED) is 0.907. The van der Waals surface area contributed by atoms with Crippen molar-refractivity contribution in [2.45, 2.75) is 12.8 Å². The van der Waals surface area contributed by atoms with Crippen LogP contribution in [0.4, 0.5) is 0 Å². The van der Waals surface area contributed by atoms with Crippen LogP contribution in [0.15, 0.2) is 36.7 Å². The Kier molecular flexibility index (Phi) is 3.65. The molecule has 4 nitrogen and oxygen atoms in total. The maximum absolute atomic E-state index is 12.5. The first-order valence-electron chi connectivity index (χ1n) is 7.11. The van der Waals surface area contributed by atoms with E-state index in [1.54, 1.807) is 6.20 Å². The lowest BCUT2D eigenvalue weighted by Crippen LogP contribution is -2.40. The molecule has 104 valence electrons. The van der Waals surface area contributed by atoms with Crippen LogP contribution < -0.4 is 5.73 Å². The molecular weight excluding hydrogens is 250 g/mol. The van der Waals surface area contributed by atoms with Gasteiger partial charge in [0.15, 0.2) is 0 Å². The van der Waals surface area contributed by atoms with Crippen molar-refractivity contribution < 1.29 is 4.79 Å². The van der Waals surface area contributed by atoms with Gasteiger partial charge in [-0.25, -0.2) is 0 Å². The Morgan fingerprint density at radius 2 is 2.05 bits per heavy atom. The summed E-state index contributed by atoms with van der Waals surface area (Å²) in [5, 5.41) is 2.12. The molecule has 1 aromatic carbocycles. The molecule has 0 unspecified atom stereocenters. The van der Waals surface area contributed by atoms with Crippen LogP contribution in [0.1, 0.15) is 23.2 Å². The number of hydrogen-bond acceptors (Lipinski definition) is 3. The van der Waals surface area contributed by atoms with Crippen LogP contribution in [0.5, 0.6) is 0 Å². The van der Waals surface area contributed by atoms with E-state index in [4.69, 9.17) is 5.73 Å². The van der Waals surface area contributed by atoms with Crippen LogP contribution in [-0.4, -0.2) is 35.4 Å². The number of carbonyl (C=O) groups is 1. The smallest absolute Gasteiger partial charge is 0.253 e. The Balaban J connectivity index is 1.79. The fourth-order valence-electron chi connectivity index (χ4n) is 2.77. The lowest BCUT2D eigenvalue weighted by atomic mass is 9.96. The minimum atomic E-state index is 0.124. The third kappa shape index (κ3) is 2.51. The molecule has 3 rings (SSSR count). The average molecular weight is 269 g/mol. The fraction of sp³-hybridized carbons (Fsp3) is 0.375.